The second-order valence-corrected chi connectivity index (χ2v) is 8.19. The predicted octanol–water partition coefficient (Wildman–Crippen LogP) is 2.66. The number of carbonyl (C=O) groups is 2. The van der Waals surface area contributed by atoms with Gasteiger partial charge in [-0.3, -0.25) is 14.5 Å². The molecule has 8 nitrogen and oxygen atoms in total. The SMILES string of the molecule is CCCOc1ccc(N2C(=O)CC(N3CCN(c4ccc5c(c4)OCO5)CC3)C2=O)cc1. The third-order valence-electron chi connectivity index (χ3n) is 6.17. The molecule has 2 fully saturated rings. The number of hydrogen-bond acceptors (Lipinski definition) is 7. The first-order valence-electron chi connectivity index (χ1n) is 11.1. The molecule has 3 aliphatic rings. The largest absolute Gasteiger partial charge is 0.494 e. The van der Waals surface area contributed by atoms with E-state index < -0.39 is 6.04 Å². The number of ether oxygens (including phenoxy) is 3. The standard InChI is InChI=1S/C24H27N3O5/c1-2-13-30-19-6-3-17(4-7-19)27-23(28)15-20(24(27)29)26-11-9-25(10-12-26)18-5-8-21-22(14-18)32-16-31-21/h3-8,14,20H,2,9-13,15-16H2,1H3. The average Bonchev–Trinajstić information content (AvgIpc) is 3.41. The molecular weight excluding hydrogens is 410 g/mol. The lowest BCUT2D eigenvalue weighted by molar-refractivity contribution is -0.123. The van der Waals surface area contributed by atoms with Crippen LogP contribution in [-0.4, -0.2) is 62.3 Å². The van der Waals surface area contributed by atoms with E-state index in [0.717, 1.165) is 55.5 Å². The Morgan fingerprint density at radius 1 is 0.938 bits per heavy atom. The lowest BCUT2D eigenvalue weighted by atomic mass is 10.1. The molecule has 0 N–H and O–H groups in total. The van der Waals surface area contributed by atoms with E-state index >= 15 is 0 Å². The third-order valence-corrected chi connectivity index (χ3v) is 6.17. The molecule has 2 aromatic carbocycles. The number of fused-ring (bicyclic) bond motifs is 1. The molecule has 3 aliphatic heterocycles. The quantitative estimate of drug-likeness (QED) is 0.644. The van der Waals surface area contributed by atoms with Gasteiger partial charge in [0.05, 0.1) is 24.8 Å². The van der Waals surface area contributed by atoms with Gasteiger partial charge in [-0.2, -0.15) is 0 Å². The molecule has 0 saturated carbocycles. The minimum atomic E-state index is -0.405. The van der Waals surface area contributed by atoms with E-state index in [9.17, 15) is 9.59 Å². The minimum Gasteiger partial charge on any atom is -0.494 e. The van der Waals surface area contributed by atoms with E-state index in [1.165, 1.54) is 4.90 Å². The fourth-order valence-electron chi connectivity index (χ4n) is 4.46. The Morgan fingerprint density at radius 3 is 2.41 bits per heavy atom. The van der Waals surface area contributed by atoms with Crippen molar-refractivity contribution in [1.82, 2.24) is 4.90 Å². The highest BCUT2D eigenvalue weighted by atomic mass is 16.7. The van der Waals surface area contributed by atoms with Crippen molar-refractivity contribution in [2.45, 2.75) is 25.8 Å². The van der Waals surface area contributed by atoms with Crippen molar-refractivity contribution in [3.63, 3.8) is 0 Å². The summed E-state index contributed by atoms with van der Waals surface area (Å²) in [6, 6.07) is 12.7. The molecular formula is C24H27N3O5. The molecule has 1 unspecified atom stereocenters. The number of piperazine rings is 1. The van der Waals surface area contributed by atoms with Crippen molar-refractivity contribution in [1.29, 1.82) is 0 Å². The monoisotopic (exact) mass is 437 g/mol. The van der Waals surface area contributed by atoms with E-state index in [1.807, 2.05) is 37.3 Å². The van der Waals surface area contributed by atoms with Gasteiger partial charge >= 0.3 is 0 Å². The fraction of sp³-hybridized carbons (Fsp3) is 0.417. The van der Waals surface area contributed by atoms with E-state index in [0.29, 0.717) is 12.3 Å². The van der Waals surface area contributed by atoms with Gasteiger partial charge in [0.2, 0.25) is 12.7 Å². The van der Waals surface area contributed by atoms with Crippen LogP contribution < -0.4 is 24.0 Å². The topological polar surface area (TPSA) is 71.6 Å². The predicted molar refractivity (Wildman–Crippen MR) is 119 cm³/mol. The molecule has 0 radical (unpaired) electrons. The second kappa shape index (κ2) is 8.70. The molecule has 32 heavy (non-hydrogen) atoms. The summed E-state index contributed by atoms with van der Waals surface area (Å²) in [4.78, 5) is 31.6. The Kier molecular flexibility index (Phi) is 5.61. The summed E-state index contributed by atoms with van der Waals surface area (Å²) in [5.41, 5.74) is 1.68. The highest BCUT2D eigenvalue weighted by Crippen LogP contribution is 2.36. The summed E-state index contributed by atoms with van der Waals surface area (Å²) in [5.74, 6) is 1.98. The van der Waals surface area contributed by atoms with Gasteiger partial charge in [0.1, 0.15) is 5.75 Å². The Bertz CT molecular complexity index is 1000. The van der Waals surface area contributed by atoms with Crippen LogP contribution in [0.4, 0.5) is 11.4 Å². The van der Waals surface area contributed by atoms with Crippen LogP contribution >= 0.6 is 0 Å². The van der Waals surface area contributed by atoms with Crippen LogP contribution in [0.25, 0.3) is 0 Å². The molecule has 5 rings (SSSR count). The Balaban J connectivity index is 1.22. The smallest absolute Gasteiger partial charge is 0.251 e. The van der Waals surface area contributed by atoms with Crippen molar-refractivity contribution < 1.29 is 23.8 Å². The first-order valence-corrected chi connectivity index (χ1v) is 11.1. The first-order chi connectivity index (χ1) is 15.6. The lowest BCUT2D eigenvalue weighted by Gasteiger charge is -2.38. The number of hydrogen-bond donors (Lipinski definition) is 0. The van der Waals surface area contributed by atoms with Crippen molar-refractivity contribution in [3.8, 4) is 17.2 Å². The van der Waals surface area contributed by atoms with Crippen LogP contribution in [0, 0.1) is 0 Å². The zero-order chi connectivity index (χ0) is 22.1. The average molecular weight is 437 g/mol. The van der Waals surface area contributed by atoms with E-state index in [-0.39, 0.29) is 25.0 Å². The summed E-state index contributed by atoms with van der Waals surface area (Å²) in [7, 11) is 0. The van der Waals surface area contributed by atoms with Crippen LogP contribution in [0.15, 0.2) is 42.5 Å². The lowest BCUT2D eigenvalue weighted by Crippen LogP contribution is -2.52. The van der Waals surface area contributed by atoms with Crippen molar-refractivity contribution >= 4 is 23.2 Å². The van der Waals surface area contributed by atoms with Gasteiger partial charge in [-0.1, -0.05) is 6.92 Å². The Morgan fingerprint density at radius 2 is 1.66 bits per heavy atom. The summed E-state index contributed by atoms with van der Waals surface area (Å²) < 4.78 is 16.5. The van der Waals surface area contributed by atoms with Gasteiger partial charge in [-0.25, -0.2) is 4.90 Å². The van der Waals surface area contributed by atoms with Crippen molar-refractivity contribution in [2.75, 3.05) is 49.4 Å². The molecule has 0 aliphatic carbocycles. The van der Waals surface area contributed by atoms with Gasteiger partial charge < -0.3 is 19.1 Å². The summed E-state index contributed by atoms with van der Waals surface area (Å²) in [6.07, 6.45) is 1.14. The summed E-state index contributed by atoms with van der Waals surface area (Å²) >= 11 is 0. The molecule has 0 spiro atoms. The normalized spacial score (nSPS) is 20.8. The first kappa shape index (κ1) is 20.6. The highest BCUT2D eigenvalue weighted by Gasteiger charge is 2.43. The molecule has 168 valence electrons. The zero-order valence-electron chi connectivity index (χ0n) is 18.2. The molecule has 1 atom stereocenters. The number of rotatable bonds is 6. The van der Waals surface area contributed by atoms with Crippen LogP contribution in [0.5, 0.6) is 17.2 Å². The maximum absolute atomic E-state index is 13.1. The number of anilines is 2. The van der Waals surface area contributed by atoms with Crippen molar-refractivity contribution in [3.05, 3.63) is 42.5 Å². The molecule has 8 heteroatoms. The molecule has 2 aromatic rings. The number of benzene rings is 2. The van der Waals surface area contributed by atoms with Crippen LogP contribution in [0.3, 0.4) is 0 Å². The number of carbonyl (C=O) groups excluding carboxylic acids is 2. The Hall–Kier alpha value is -3.26. The minimum absolute atomic E-state index is 0.145. The van der Waals surface area contributed by atoms with E-state index in [4.69, 9.17) is 14.2 Å². The second-order valence-electron chi connectivity index (χ2n) is 8.19. The van der Waals surface area contributed by atoms with Crippen molar-refractivity contribution in [2.24, 2.45) is 0 Å². The summed E-state index contributed by atoms with van der Waals surface area (Å²) in [6.45, 7) is 5.94. The van der Waals surface area contributed by atoms with Gasteiger partial charge in [0, 0.05) is 37.9 Å². The van der Waals surface area contributed by atoms with Crippen LogP contribution in [0.1, 0.15) is 19.8 Å². The highest BCUT2D eigenvalue weighted by molar-refractivity contribution is 6.22. The fourth-order valence-corrected chi connectivity index (χ4v) is 4.46. The zero-order valence-corrected chi connectivity index (χ0v) is 18.2. The number of nitrogens with zero attached hydrogens (tertiary/aromatic N) is 3. The maximum atomic E-state index is 13.1. The maximum Gasteiger partial charge on any atom is 0.251 e. The van der Waals surface area contributed by atoms with Gasteiger partial charge in [-0.15, -0.1) is 0 Å². The molecule has 0 bridgehead atoms. The number of imide groups is 1. The molecule has 2 saturated heterocycles. The van der Waals surface area contributed by atoms with E-state index in [1.54, 1.807) is 12.1 Å². The third kappa shape index (κ3) is 3.86. The van der Waals surface area contributed by atoms with Gasteiger partial charge in [0.25, 0.3) is 5.91 Å². The van der Waals surface area contributed by atoms with Crippen LogP contribution in [-0.2, 0) is 9.59 Å². The van der Waals surface area contributed by atoms with Crippen LogP contribution in [0.2, 0.25) is 0 Å². The summed E-state index contributed by atoms with van der Waals surface area (Å²) in [5, 5.41) is 0. The Labute approximate surface area is 187 Å². The molecule has 0 aromatic heterocycles. The van der Waals surface area contributed by atoms with Gasteiger partial charge in [0.15, 0.2) is 11.5 Å². The number of amides is 2. The molecule has 3 heterocycles. The molecule has 2 amide bonds. The van der Waals surface area contributed by atoms with E-state index in [2.05, 4.69) is 9.80 Å². The van der Waals surface area contributed by atoms with Gasteiger partial charge in [-0.05, 0) is 42.8 Å².